The van der Waals surface area contributed by atoms with Gasteiger partial charge in [-0.05, 0) is 28.8 Å². The second-order valence-electron chi connectivity index (χ2n) is 3.78. The van der Waals surface area contributed by atoms with E-state index in [2.05, 4.69) is 24.8 Å². The molecule has 0 heterocycles. The molecule has 0 fully saturated rings. The average molecular weight is 241 g/mol. The van der Waals surface area contributed by atoms with Gasteiger partial charge in [0, 0.05) is 5.02 Å². The molecule has 0 spiro atoms. The first-order valence-corrected chi connectivity index (χ1v) is 5.81. The monoisotopic (exact) mass is 240 g/mol. The molecule has 0 N–H and O–H groups in total. The maximum absolute atomic E-state index is 5.84. The molecule has 0 atom stereocenters. The van der Waals surface area contributed by atoms with E-state index in [0.29, 0.717) is 0 Å². The molecule has 0 saturated carbocycles. The molecule has 2 aromatic rings. The molecule has 1 heteroatoms. The van der Waals surface area contributed by atoms with Gasteiger partial charge in [-0.3, -0.25) is 0 Å². The van der Waals surface area contributed by atoms with Crippen molar-refractivity contribution in [1.82, 2.24) is 0 Å². The lowest BCUT2D eigenvalue weighted by atomic mass is 10.1. The Morgan fingerprint density at radius 1 is 0.941 bits per heavy atom. The SMILES string of the molecule is C=C(/C=C/c1ccccc1)c1ccc(Cl)cc1. The van der Waals surface area contributed by atoms with Gasteiger partial charge < -0.3 is 0 Å². The van der Waals surface area contributed by atoms with Crippen molar-refractivity contribution in [3.8, 4) is 0 Å². The number of rotatable bonds is 3. The van der Waals surface area contributed by atoms with Crippen molar-refractivity contribution in [3.05, 3.63) is 83.4 Å². The van der Waals surface area contributed by atoms with Crippen molar-refractivity contribution in [2.24, 2.45) is 0 Å². The van der Waals surface area contributed by atoms with Gasteiger partial charge in [-0.1, -0.05) is 72.8 Å². The smallest absolute Gasteiger partial charge is 0.0406 e. The molecule has 0 amide bonds. The van der Waals surface area contributed by atoms with Crippen LogP contribution < -0.4 is 0 Å². The van der Waals surface area contributed by atoms with E-state index in [0.717, 1.165) is 16.2 Å². The highest BCUT2D eigenvalue weighted by Gasteiger charge is 1.94. The zero-order valence-electron chi connectivity index (χ0n) is 9.44. The van der Waals surface area contributed by atoms with Crippen LogP contribution in [0.3, 0.4) is 0 Å². The Kier molecular flexibility index (Phi) is 3.79. The van der Waals surface area contributed by atoms with Gasteiger partial charge in [0.25, 0.3) is 0 Å². The van der Waals surface area contributed by atoms with Crippen molar-refractivity contribution in [1.29, 1.82) is 0 Å². The fourth-order valence-corrected chi connectivity index (χ4v) is 1.65. The molecule has 0 aliphatic rings. The molecule has 0 bridgehead atoms. The highest BCUT2D eigenvalue weighted by atomic mass is 35.5. The van der Waals surface area contributed by atoms with Crippen molar-refractivity contribution < 1.29 is 0 Å². The molecule has 0 nitrogen and oxygen atoms in total. The van der Waals surface area contributed by atoms with E-state index in [1.165, 1.54) is 5.56 Å². The average Bonchev–Trinajstić information content (AvgIpc) is 2.38. The van der Waals surface area contributed by atoms with E-state index >= 15 is 0 Å². The molecule has 84 valence electrons. The summed E-state index contributed by atoms with van der Waals surface area (Å²) in [5, 5.41) is 0.744. The van der Waals surface area contributed by atoms with Gasteiger partial charge in [-0.2, -0.15) is 0 Å². The number of benzene rings is 2. The van der Waals surface area contributed by atoms with Crippen LogP contribution in [0.5, 0.6) is 0 Å². The van der Waals surface area contributed by atoms with Gasteiger partial charge in [0.1, 0.15) is 0 Å². The van der Waals surface area contributed by atoms with E-state index in [9.17, 15) is 0 Å². The molecular formula is C16H13Cl. The van der Waals surface area contributed by atoms with Gasteiger partial charge in [0.05, 0.1) is 0 Å². The summed E-state index contributed by atoms with van der Waals surface area (Å²) >= 11 is 5.84. The van der Waals surface area contributed by atoms with E-state index in [4.69, 9.17) is 11.6 Å². The van der Waals surface area contributed by atoms with Gasteiger partial charge >= 0.3 is 0 Å². The van der Waals surface area contributed by atoms with Crippen LogP contribution in [0.1, 0.15) is 11.1 Å². The quantitative estimate of drug-likeness (QED) is 0.658. The second-order valence-corrected chi connectivity index (χ2v) is 4.21. The Morgan fingerprint density at radius 3 is 2.24 bits per heavy atom. The Balaban J connectivity index is 2.12. The van der Waals surface area contributed by atoms with Gasteiger partial charge in [-0.25, -0.2) is 0 Å². The zero-order chi connectivity index (χ0) is 12.1. The molecule has 0 saturated heterocycles. The summed E-state index contributed by atoms with van der Waals surface area (Å²) in [6.07, 6.45) is 4.06. The van der Waals surface area contributed by atoms with Crippen LogP contribution in [-0.2, 0) is 0 Å². The maximum atomic E-state index is 5.84. The van der Waals surface area contributed by atoms with Crippen molar-refractivity contribution >= 4 is 23.3 Å². The van der Waals surface area contributed by atoms with Crippen LogP contribution in [0.4, 0.5) is 0 Å². The molecule has 0 unspecified atom stereocenters. The lowest BCUT2D eigenvalue weighted by molar-refractivity contribution is 1.62. The topological polar surface area (TPSA) is 0 Å². The predicted molar refractivity (Wildman–Crippen MR) is 76.0 cm³/mol. The Labute approximate surface area is 107 Å². The number of hydrogen-bond donors (Lipinski definition) is 0. The third-order valence-electron chi connectivity index (χ3n) is 2.49. The molecule has 2 aromatic carbocycles. The third-order valence-corrected chi connectivity index (χ3v) is 2.74. The summed E-state index contributed by atoms with van der Waals surface area (Å²) in [5.74, 6) is 0. The lowest BCUT2D eigenvalue weighted by Gasteiger charge is -2.00. The number of halogens is 1. The predicted octanol–water partition coefficient (Wildman–Crippen LogP) is 5.07. The van der Waals surface area contributed by atoms with Crippen LogP contribution in [-0.4, -0.2) is 0 Å². The number of hydrogen-bond acceptors (Lipinski definition) is 0. The van der Waals surface area contributed by atoms with Crippen molar-refractivity contribution in [2.75, 3.05) is 0 Å². The summed E-state index contributed by atoms with van der Waals surface area (Å²) in [6.45, 7) is 4.04. The standard InChI is InChI=1S/C16H13Cl/c1-13(15-9-11-16(17)12-10-15)7-8-14-5-3-2-4-6-14/h2-12H,1H2/b8-7+. The zero-order valence-corrected chi connectivity index (χ0v) is 10.2. The first-order valence-electron chi connectivity index (χ1n) is 5.44. The number of allylic oxidation sites excluding steroid dienone is 2. The van der Waals surface area contributed by atoms with Crippen LogP contribution in [0.15, 0.2) is 67.3 Å². The van der Waals surface area contributed by atoms with E-state index in [-0.39, 0.29) is 0 Å². The van der Waals surface area contributed by atoms with Gasteiger partial charge in [0.15, 0.2) is 0 Å². The Hall–Kier alpha value is -1.79. The highest BCUT2D eigenvalue weighted by molar-refractivity contribution is 6.30. The molecular weight excluding hydrogens is 228 g/mol. The van der Waals surface area contributed by atoms with E-state index in [1.54, 1.807) is 0 Å². The molecule has 0 aliphatic carbocycles. The van der Waals surface area contributed by atoms with Crippen molar-refractivity contribution in [3.63, 3.8) is 0 Å². The summed E-state index contributed by atoms with van der Waals surface area (Å²) in [5.41, 5.74) is 3.23. The molecule has 17 heavy (non-hydrogen) atoms. The first-order chi connectivity index (χ1) is 8.25. The summed E-state index contributed by atoms with van der Waals surface area (Å²) in [7, 11) is 0. The summed E-state index contributed by atoms with van der Waals surface area (Å²) in [4.78, 5) is 0. The minimum Gasteiger partial charge on any atom is -0.0912 e. The molecule has 2 rings (SSSR count). The Bertz CT molecular complexity index is 521. The summed E-state index contributed by atoms with van der Waals surface area (Å²) in [6, 6.07) is 17.9. The van der Waals surface area contributed by atoms with Crippen LogP contribution in [0.2, 0.25) is 5.02 Å². The summed E-state index contributed by atoms with van der Waals surface area (Å²) < 4.78 is 0. The maximum Gasteiger partial charge on any atom is 0.0406 e. The fraction of sp³-hybridized carbons (Fsp3) is 0. The molecule has 0 aliphatic heterocycles. The van der Waals surface area contributed by atoms with Crippen LogP contribution >= 0.6 is 11.6 Å². The van der Waals surface area contributed by atoms with Crippen molar-refractivity contribution in [2.45, 2.75) is 0 Å². The Morgan fingerprint density at radius 2 is 1.59 bits per heavy atom. The molecule has 0 radical (unpaired) electrons. The lowest BCUT2D eigenvalue weighted by Crippen LogP contribution is -1.78. The first kappa shape index (κ1) is 11.7. The fourth-order valence-electron chi connectivity index (χ4n) is 1.52. The minimum atomic E-state index is 0.744. The van der Waals surface area contributed by atoms with E-state index < -0.39 is 0 Å². The second kappa shape index (κ2) is 5.51. The minimum absolute atomic E-state index is 0.744. The highest BCUT2D eigenvalue weighted by Crippen LogP contribution is 2.18. The largest absolute Gasteiger partial charge is 0.0912 e. The third kappa shape index (κ3) is 3.33. The molecule has 0 aromatic heterocycles. The van der Waals surface area contributed by atoms with Gasteiger partial charge in [0.2, 0.25) is 0 Å². The normalized spacial score (nSPS) is 10.6. The van der Waals surface area contributed by atoms with Crippen LogP contribution in [0.25, 0.3) is 11.6 Å². The van der Waals surface area contributed by atoms with E-state index in [1.807, 2.05) is 48.5 Å². The van der Waals surface area contributed by atoms with Gasteiger partial charge in [-0.15, -0.1) is 0 Å². The van der Waals surface area contributed by atoms with Crippen LogP contribution in [0, 0.1) is 0 Å².